The second kappa shape index (κ2) is 8.10. The maximum Gasteiger partial charge on any atom is 0.251 e. The second-order valence-electron chi connectivity index (χ2n) is 8.99. The Labute approximate surface area is 203 Å². The number of fused-ring (bicyclic) bond motifs is 2. The van der Waals surface area contributed by atoms with Crippen molar-refractivity contribution < 1.29 is 17.7 Å². The Kier molecular flexibility index (Phi) is 4.27. The molecule has 1 saturated carbocycles. The largest absolute Gasteiger partial charge is 0.373 e. The monoisotopic (exact) mass is 481 g/mol. The molecule has 4 aromatic heterocycles. The number of nitrogens with one attached hydrogen (secondary N) is 2. The lowest BCUT2D eigenvalue weighted by Crippen LogP contribution is -2.39. The van der Waals surface area contributed by atoms with Crippen LogP contribution in [0.15, 0.2) is 36.8 Å². The van der Waals surface area contributed by atoms with Crippen molar-refractivity contribution in [2.75, 3.05) is 35.6 Å². The summed E-state index contributed by atoms with van der Waals surface area (Å²) in [6, 6.07) is 5.25. The molecule has 5 heterocycles. The van der Waals surface area contributed by atoms with Crippen molar-refractivity contribution in [2.24, 2.45) is 5.92 Å². The van der Waals surface area contributed by atoms with E-state index in [0.717, 1.165) is 18.5 Å². The molecule has 2 aliphatic rings. The van der Waals surface area contributed by atoms with Crippen molar-refractivity contribution >= 4 is 39.6 Å². The first-order valence-corrected chi connectivity index (χ1v) is 11.4. The summed E-state index contributed by atoms with van der Waals surface area (Å²) in [6.07, 6.45) is 5.97. The SMILES string of the molecule is [2H]C([2H])([2H])Nc1ncc(-c2nc3ccc(N4CCC(F)(F)CC4)cn3n2)c2cc(NC(=O)C3CC3)ncc12. The number of pyridine rings is 3. The number of rotatable bonds is 5. The van der Waals surface area contributed by atoms with Crippen LogP contribution >= 0.6 is 0 Å². The minimum absolute atomic E-state index is 0.0161. The number of amides is 1. The van der Waals surface area contributed by atoms with E-state index in [1.807, 2.05) is 11.0 Å². The topological polar surface area (TPSA) is 100 Å². The van der Waals surface area contributed by atoms with Gasteiger partial charge in [-0.05, 0) is 31.0 Å². The summed E-state index contributed by atoms with van der Waals surface area (Å²) < 4.78 is 51.5. The standard InChI is InChI=1S/C24H24F2N8O/c1-27-21-17-11-28-19(30-23(35)14-2-3-14)10-16(17)18(12-29-21)22-31-20-5-4-15(13-34(20)32-22)33-8-6-24(25,26)7-9-33/h4-5,10-14H,2-3,6-9H2,1H3,(H,27,29)(H,28,30,35)/i1D3. The fraction of sp³-hybridized carbons (Fsp3) is 0.375. The zero-order chi connectivity index (χ0) is 26.7. The van der Waals surface area contributed by atoms with Crippen molar-refractivity contribution in [3.05, 3.63) is 36.8 Å². The van der Waals surface area contributed by atoms with Gasteiger partial charge in [0.05, 0.1) is 11.9 Å². The van der Waals surface area contributed by atoms with Crippen molar-refractivity contribution in [1.29, 1.82) is 0 Å². The second-order valence-corrected chi connectivity index (χ2v) is 8.99. The molecule has 0 bridgehead atoms. The van der Waals surface area contributed by atoms with E-state index < -0.39 is 12.9 Å². The third-order valence-corrected chi connectivity index (χ3v) is 6.51. The fourth-order valence-electron chi connectivity index (χ4n) is 4.32. The van der Waals surface area contributed by atoms with Crippen LogP contribution in [-0.2, 0) is 4.79 Å². The molecule has 0 radical (unpaired) electrons. The summed E-state index contributed by atoms with van der Waals surface area (Å²) in [4.78, 5) is 27.4. The van der Waals surface area contributed by atoms with E-state index in [-0.39, 0.29) is 43.6 Å². The van der Waals surface area contributed by atoms with E-state index in [1.54, 1.807) is 22.8 Å². The molecular formula is C24H24F2N8O. The van der Waals surface area contributed by atoms with E-state index in [1.165, 1.54) is 12.4 Å². The number of hydrogen-bond donors (Lipinski definition) is 2. The molecular weight excluding hydrogens is 454 g/mol. The van der Waals surface area contributed by atoms with Crippen LogP contribution in [0.4, 0.5) is 26.1 Å². The fourth-order valence-corrected chi connectivity index (χ4v) is 4.32. The average molecular weight is 482 g/mol. The Hall–Kier alpha value is -3.89. The lowest BCUT2D eigenvalue weighted by molar-refractivity contribution is -0.117. The molecule has 6 rings (SSSR count). The first kappa shape index (κ1) is 18.4. The molecule has 1 saturated heterocycles. The van der Waals surface area contributed by atoms with Crippen molar-refractivity contribution in [3.8, 4) is 11.4 Å². The van der Waals surface area contributed by atoms with Gasteiger partial charge in [-0.15, -0.1) is 5.10 Å². The number of alkyl halides is 2. The predicted molar refractivity (Wildman–Crippen MR) is 129 cm³/mol. The molecule has 9 nitrogen and oxygen atoms in total. The van der Waals surface area contributed by atoms with Crippen molar-refractivity contribution in [3.63, 3.8) is 0 Å². The highest BCUT2D eigenvalue weighted by atomic mass is 19.3. The summed E-state index contributed by atoms with van der Waals surface area (Å²) in [6.45, 7) is -1.99. The molecule has 11 heteroatoms. The molecule has 0 unspecified atom stereocenters. The zero-order valence-electron chi connectivity index (χ0n) is 21.6. The molecule has 1 amide bonds. The van der Waals surface area contributed by atoms with Crippen LogP contribution in [0, 0.1) is 5.92 Å². The van der Waals surface area contributed by atoms with Gasteiger partial charge in [-0.2, -0.15) is 0 Å². The number of halogens is 2. The Morgan fingerprint density at radius 1 is 1.17 bits per heavy atom. The highest BCUT2D eigenvalue weighted by molar-refractivity contribution is 6.03. The third-order valence-electron chi connectivity index (χ3n) is 6.51. The van der Waals surface area contributed by atoms with Crippen molar-refractivity contribution in [1.82, 2.24) is 24.6 Å². The minimum Gasteiger partial charge on any atom is -0.373 e. The molecule has 4 aromatic rings. The predicted octanol–water partition coefficient (Wildman–Crippen LogP) is 3.97. The normalized spacial score (nSPS) is 19.3. The Morgan fingerprint density at radius 2 is 2.00 bits per heavy atom. The van der Waals surface area contributed by atoms with Gasteiger partial charge in [0.15, 0.2) is 11.5 Å². The molecule has 1 aliphatic heterocycles. The van der Waals surface area contributed by atoms with E-state index in [9.17, 15) is 13.6 Å². The zero-order valence-corrected chi connectivity index (χ0v) is 18.6. The first-order valence-electron chi connectivity index (χ1n) is 12.9. The van der Waals surface area contributed by atoms with Crippen LogP contribution < -0.4 is 15.5 Å². The number of piperidine rings is 1. The summed E-state index contributed by atoms with van der Waals surface area (Å²) in [5.74, 6) is -1.99. The van der Waals surface area contributed by atoms with Gasteiger partial charge < -0.3 is 15.5 Å². The first-order chi connectivity index (χ1) is 18.0. The maximum absolute atomic E-state index is 13.6. The molecule has 35 heavy (non-hydrogen) atoms. The van der Waals surface area contributed by atoms with Crippen LogP contribution in [0.3, 0.4) is 0 Å². The van der Waals surface area contributed by atoms with Crippen molar-refractivity contribution in [2.45, 2.75) is 31.6 Å². The van der Waals surface area contributed by atoms with Gasteiger partial charge in [-0.1, -0.05) is 0 Å². The summed E-state index contributed by atoms with van der Waals surface area (Å²) in [5, 5.41) is 10.8. The average Bonchev–Trinajstić information content (AvgIpc) is 3.62. The van der Waals surface area contributed by atoms with E-state index in [0.29, 0.717) is 33.6 Å². The third kappa shape index (κ3) is 4.11. The van der Waals surface area contributed by atoms with Gasteiger partial charge in [-0.25, -0.2) is 28.2 Å². The van der Waals surface area contributed by atoms with Crippen LogP contribution in [0.25, 0.3) is 27.8 Å². The Bertz CT molecular complexity index is 1540. The van der Waals surface area contributed by atoms with Gasteiger partial charge in [0, 0.05) is 71.7 Å². The van der Waals surface area contributed by atoms with Crippen LogP contribution in [0.2, 0.25) is 0 Å². The molecule has 0 atom stereocenters. The van der Waals surface area contributed by atoms with Crippen LogP contribution in [0.5, 0.6) is 0 Å². The van der Waals surface area contributed by atoms with E-state index in [2.05, 4.69) is 30.7 Å². The van der Waals surface area contributed by atoms with Gasteiger partial charge in [0.25, 0.3) is 5.92 Å². The summed E-state index contributed by atoms with van der Waals surface area (Å²) >= 11 is 0. The van der Waals surface area contributed by atoms with Gasteiger partial charge in [-0.3, -0.25) is 4.79 Å². The number of hydrogen-bond acceptors (Lipinski definition) is 7. The lowest BCUT2D eigenvalue weighted by Gasteiger charge is -2.33. The molecule has 0 spiro atoms. The number of nitrogens with zero attached hydrogens (tertiary/aromatic N) is 6. The number of aromatic nitrogens is 5. The minimum atomic E-state index is -2.64. The molecule has 180 valence electrons. The van der Waals surface area contributed by atoms with Crippen LogP contribution in [0.1, 0.15) is 29.8 Å². The Morgan fingerprint density at radius 3 is 2.77 bits per heavy atom. The number of carbonyl (C=O) groups is 1. The number of carbonyl (C=O) groups excluding carboxylic acids is 1. The summed E-state index contributed by atoms with van der Waals surface area (Å²) in [5.41, 5.74) is 1.82. The number of anilines is 3. The Balaban J connectivity index is 1.39. The highest BCUT2D eigenvalue weighted by Gasteiger charge is 2.34. The lowest BCUT2D eigenvalue weighted by atomic mass is 10.1. The maximum atomic E-state index is 13.6. The molecule has 1 aliphatic carbocycles. The van der Waals surface area contributed by atoms with E-state index >= 15 is 0 Å². The highest BCUT2D eigenvalue weighted by Crippen LogP contribution is 2.34. The molecule has 2 fully saturated rings. The van der Waals surface area contributed by atoms with Crippen LogP contribution in [-0.4, -0.2) is 56.5 Å². The quantitative estimate of drug-likeness (QED) is 0.445. The smallest absolute Gasteiger partial charge is 0.251 e. The summed E-state index contributed by atoms with van der Waals surface area (Å²) in [7, 11) is 0. The molecule has 0 aromatic carbocycles. The van der Waals surface area contributed by atoms with Gasteiger partial charge >= 0.3 is 0 Å². The molecule has 2 N–H and O–H groups in total. The van der Waals surface area contributed by atoms with Gasteiger partial charge in [0.1, 0.15) is 11.6 Å². The van der Waals surface area contributed by atoms with E-state index in [4.69, 9.17) is 4.11 Å². The van der Waals surface area contributed by atoms with Gasteiger partial charge in [0.2, 0.25) is 5.91 Å².